The number of ether oxygens (including phenoxy) is 2. The van der Waals surface area contributed by atoms with Crippen LogP contribution in [0.3, 0.4) is 0 Å². The van der Waals surface area contributed by atoms with E-state index in [2.05, 4.69) is 4.98 Å². The molecule has 1 unspecified atom stereocenters. The van der Waals surface area contributed by atoms with E-state index in [-0.39, 0.29) is 6.10 Å². The third-order valence-electron chi connectivity index (χ3n) is 2.68. The molecule has 1 atom stereocenters. The lowest BCUT2D eigenvalue weighted by Gasteiger charge is -2.15. The zero-order chi connectivity index (χ0) is 13.8. The van der Waals surface area contributed by atoms with Crippen LogP contribution < -0.4 is 9.47 Å². The number of halogens is 1. The molecule has 0 saturated carbocycles. The van der Waals surface area contributed by atoms with Gasteiger partial charge in [0.2, 0.25) is 0 Å². The third-order valence-corrected chi connectivity index (χ3v) is 4.01. The van der Waals surface area contributed by atoms with Gasteiger partial charge in [-0.1, -0.05) is 6.07 Å². The van der Waals surface area contributed by atoms with Gasteiger partial charge in [-0.15, -0.1) is 22.9 Å². The summed E-state index contributed by atoms with van der Waals surface area (Å²) in [5.41, 5.74) is 2.02. The molecule has 0 radical (unpaired) electrons. The first-order chi connectivity index (χ1) is 9.13. The molecule has 0 aliphatic carbocycles. The standard InChI is InChI=1S/C14H16ClNO2S/c1-9-4-5-12(13(6-9)17-3)18-10(2)14-16-11(7-15)8-19-14/h4-6,8,10H,7H2,1-3H3. The van der Waals surface area contributed by atoms with Crippen molar-refractivity contribution in [2.75, 3.05) is 7.11 Å². The molecule has 0 aliphatic rings. The van der Waals surface area contributed by atoms with E-state index in [1.54, 1.807) is 18.4 Å². The lowest BCUT2D eigenvalue weighted by Crippen LogP contribution is -2.04. The maximum Gasteiger partial charge on any atom is 0.162 e. The minimum absolute atomic E-state index is 0.126. The van der Waals surface area contributed by atoms with Crippen molar-refractivity contribution >= 4 is 22.9 Å². The lowest BCUT2D eigenvalue weighted by molar-refractivity contribution is 0.215. The highest BCUT2D eigenvalue weighted by molar-refractivity contribution is 7.09. The highest BCUT2D eigenvalue weighted by Crippen LogP contribution is 2.32. The quantitative estimate of drug-likeness (QED) is 0.769. The number of alkyl halides is 1. The molecule has 2 aromatic rings. The number of hydrogen-bond acceptors (Lipinski definition) is 4. The Bertz CT molecular complexity index is 556. The van der Waals surface area contributed by atoms with Gasteiger partial charge in [-0.2, -0.15) is 0 Å². The Morgan fingerprint density at radius 3 is 2.79 bits per heavy atom. The Morgan fingerprint density at radius 2 is 2.16 bits per heavy atom. The van der Waals surface area contributed by atoms with Gasteiger partial charge in [0.1, 0.15) is 11.1 Å². The van der Waals surface area contributed by atoms with Gasteiger partial charge in [0.25, 0.3) is 0 Å². The molecule has 0 amide bonds. The van der Waals surface area contributed by atoms with Crippen LogP contribution >= 0.6 is 22.9 Å². The van der Waals surface area contributed by atoms with Crippen LogP contribution in [0.2, 0.25) is 0 Å². The molecule has 1 heterocycles. The first kappa shape index (κ1) is 14.2. The van der Waals surface area contributed by atoms with E-state index in [4.69, 9.17) is 21.1 Å². The Balaban J connectivity index is 2.16. The van der Waals surface area contributed by atoms with Crippen LogP contribution in [0, 0.1) is 6.92 Å². The Hall–Kier alpha value is -1.26. The van der Waals surface area contributed by atoms with Crippen LogP contribution in [0.4, 0.5) is 0 Å². The average Bonchev–Trinajstić information content (AvgIpc) is 2.89. The summed E-state index contributed by atoms with van der Waals surface area (Å²) in [5, 5.41) is 2.87. The minimum Gasteiger partial charge on any atom is -0.493 e. The van der Waals surface area contributed by atoms with Crippen molar-refractivity contribution in [2.45, 2.75) is 25.8 Å². The normalized spacial score (nSPS) is 12.2. The van der Waals surface area contributed by atoms with Crippen LogP contribution in [0.5, 0.6) is 11.5 Å². The van der Waals surface area contributed by atoms with Crippen molar-refractivity contribution < 1.29 is 9.47 Å². The largest absolute Gasteiger partial charge is 0.493 e. The van der Waals surface area contributed by atoms with Crippen molar-refractivity contribution in [2.24, 2.45) is 0 Å². The fourth-order valence-corrected chi connectivity index (χ4v) is 2.71. The predicted molar refractivity (Wildman–Crippen MR) is 78.4 cm³/mol. The van der Waals surface area contributed by atoms with Crippen molar-refractivity contribution in [3.8, 4) is 11.5 Å². The summed E-state index contributed by atoms with van der Waals surface area (Å²) in [7, 11) is 1.64. The number of aryl methyl sites for hydroxylation is 1. The van der Waals surface area contributed by atoms with E-state index in [1.165, 1.54) is 0 Å². The van der Waals surface area contributed by atoms with Gasteiger partial charge in [0.05, 0.1) is 18.7 Å². The van der Waals surface area contributed by atoms with E-state index in [9.17, 15) is 0 Å². The third kappa shape index (κ3) is 3.39. The van der Waals surface area contributed by atoms with Crippen LogP contribution in [0.25, 0.3) is 0 Å². The summed E-state index contributed by atoms with van der Waals surface area (Å²) in [6.45, 7) is 3.99. The first-order valence-corrected chi connectivity index (χ1v) is 7.37. The van der Waals surface area contributed by atoms with E-state index >= 15 is 0 Å². The summed E-state index contributed by atoms with van der Waals surface area (Å²) in [5.74, 6) is 1.89. The Morgan fingerprint density at radius 1 is 1.37 bits per heavy atom. The molecule has 0 bridgehead atoms. The van der Waals surface area contributed by atoms with Crippen LogP contribution in [0.1, 0.15) is 29.3 Å². The summed E-state index contributed by atoms with van der Waals surface area (Å²) in [6, 6.07) is 5.87. The summed E-state index contributed by atoms with van der Waals surface area (Å²) in [6.07, 6.45) is -0.126. The zero-order valence-corrected chi connectivity index (χ0v) is 12.7. The second kappa shape index (κ2) is 6.26. The molecule has 1 aromatic heterocycles. The van der Waals surface area contributed by atoms with Crippen LogP contribution in [-0.4, -0.2) is 12.1 Å². The van der Waals surface area contributed by atoms with Crippen LogP contribution in [-0.2, 0) is 5.88 Å². The number of rotatable bonds is 5. The van der Waals surface area contributed by atoms with E-state index in [0.717, 1.165) is 27.8 Å². The first-order valence-electron chi connectivity index (χ1n) is 5.95. The molecule has 0 spiro atoms. The lowest BCUT2D eigenvalue weighted by atomic mass is 10.2. The Kier molecular flexibility index (Phi) is 4.66. The van der Waals surface area contributed by atoms with Crippen LogP contribution in [0.15, 0.2) is 23.6 Å². The molecule has 0 saturated heterocycles. The second-order valence-electron chi connectivity index (χ2n) is 4.23. The van der Waals surface area contributed by atoms with Gasteiger partial charge >= 0.3 is 0 Å². The molecule has 0 N–H and O–H groups in total. The molecule has 2 rings (SSSR count). The van der Waals surface area contributed by atoms with Gasteiger partial charge in [0.15, 0.2) is 11.5 Å². The highest BCUT2D eigenvalue weighted by Gasteiger charge is 2.14. The van der Waals surface area contributed by atoms with Crippen molar-refractivity contribution in [1.29, 1.82) is 0 Å². The summed E-state index contributed by atoms with van der Waals surface area (Å²) in [4.78, 5) is 4.42. The molecule has 19 heavy (non-hydrogen) atoms. The van der Waals surface area contributed by atoms with Gasteiger partial charge in [-0.3, -0.25) is 0 Å². The molecule has 1 aromatic carbocycles. The maximum atomic E-state index is 5.92. The molecular formula is C14H16ClNO2S. The molecule has 0 fully saturated rings. The Labute approximate surface area is 122 Å². The second-order valence-corrected chi connectivity index (χ2v) is 5.38. The smallest absolute Gasteiger partial charge is 0.162 e. The highest BCUT2D eigenvalue weighted by atomic mass is 35.5. The number of benzene rings is 1. The SMILES string of the molecule is COc1cc(C)ccc1OC(C)c1nc(CCl)cs1. The fraction of sp³-hybridized carbons (Fsp3) is 0.357. The number of methoxy groups -OCH3 is 1. The van der Waals surface area contributed by atoms with Crippen molar-refractivity contribution in [3.05, 3.63) is 39.8 Å². The molecular weight excluding hydrogens is 282 g/mol. The number of hydrogen-bond donors (Lipinski definition) is 0. The molecule has 5 heteroatoms. The van der Waals surface area contributed by atoms with Crippen molar-refractivity contribution in [1.82, 2.24) is 4.98 Å². The van der Waals surface area contributed by atoms with Crippen molar-refractivity contribution in [3.63, 3.8) is 0 Å². The molecule has 0 aliphatic heterocycles. The topological polar surface area (TPSA) is 31.4 Å². The average molecular weight is 298 g/mol. The summed E-state index contributed by atoms with van der Waals surface area (Å²) < 4.78 is 11.2. The fourth-order valence-electron chi connectivity index (χ4n) is 1.68. The minimum atomic E-state index is -0.126. The molecule has 102 valence electrons. The number of aromatic nitrogens is 1. The van der Waals surface area contributed by atoms with E-state index < -0.39 is 0 Å². The number of nitrogens with zero attached hydrogens (tertiary/aromatic N) is 1. The summed E-state index contributed by atoms with van der Waals surface area (Å²) >= 11 is 7.31. The van der Waals surface area contributed by atoms with Gasteiger partial charge in [0, 0.05) is 5.38 Å². The van der Waals surface area contributed by atoms with Gasteiger partial charge in [-0.25, -0.2) is 4.98 Å². The van der Waals surface area contributed by atoms with Gasteiger partial charge in [-0.05, 0) is 31.5 Å². The monoisotopic (exact) mass is 297 g/mol. The zero-order valence-electron chi connectivity index (χ0n) is 11.1. The number of thiazole rings is 1. The maximum absolute atomic E-state index is 5.92. The van der Waals surface area contributed by atoms with E-state index in [1.807, 2.05) is 37.4 Å². The van der Waals surface area contributed by atoms with Gasteiger partial charge < -0.3 is 9.47 Å². The van der Waals surface area contributed by atoms with E-state index in [0.29, 0.717) is 5.88 Å². The predicted octanol–water partition coefficient (Wildman–Crippen LogP) is 4.34. The molecule has 3 nitrogen and oxygen atoms in total.